The van der Waals surface area contributed by atoms with Crippen LogP contribution in [0.2, 0.25) is 0 Å². The van der Waals surface area contributed by atoms with E-state index < -0.39 is 0 Å². The molecule has 2 aliphatic heterocycles. The Morgan fingerprint density at radius 3 is 2.53 bits per heavy atom. The lowest BCUT2D eigenvalue weighted by molar-refractivity contribution is 0.0874. The van der Waals surface area contributed by atoms with Gasteiger partial charge in [-0.3, -0.25) is 0 Å². The van der Waals surface area contributed by atoms with Crippen molar-refractivity contribution >= 4 is 11.6 Å². The molecule has 3 unspecified atom stereocenters. The second-order valence-corrected chi connectivity index (χ2v) is 6.49. The van der Waals surface area contributed by atoms with Gasteiger partial charge in [-0.2, -0.15) is 0 Å². The van der Waals surface area contributed by atoms with Crippen molar-refractivity contribution in [3.05, 3.63) is 33.1 Å². The molecule has 0 N–H and O–H groups in total. The number of aromatic nitrogens is 3. The van der Waals surface area contributed by atoms with Crippen LogP contribution in [0.3, 0.4) is 0 Å². The SMILES string of the molecule is Cn1c(=O)n2n(c1=O)C1C=CC2CC1C(C)(C)CCl. The molecular weight excluding hydrogens is 266 g/mol. The van der Waals surface area contributed by atoms with Crippen molar-refractivity contribution in [3.8, 4) is 0 Å². The summed E-state index contributed by atoms with van der Waals surface area (Å²) in [6.07, 6.45) is 4.95. The van der Waals surface area contributed by atoms with Crippen LogP contribution in [0.15, 0.2) is 21.7 Å². The number of hydrogen-bond donors (Lipinski definition) is 0. The highest BCUT2D eigenvalue weighted by Crippen LogP contribution is 2.47. The summed E-state index contributed by atoms with van der Waals surface area (Å²) in [5.41, 5.74) is -0.530. The van der Waals surface area contributed by atoms with Gasteiger partial charge in [0.05, 0.1) is 12.1 Å². The van der Waals surface area contributed by atoms with Crippen LogP contribution < -0.4 is 11.4 Å². The van der Waals surface area contributed by atoms with Gasteiger partial charge in [0.2, 0.25) is 0 Å². The predicted molar refractivity (Wildman–Crippen MR) is 73.8 cm³/mol. The number of hydrogen-bond acceptors (Lipinski definition) is 2. The summed E-state index contributed by atoms with van der Waals surface area (Å²) in [4.78, 5) is 24.3. The maximum absolute atomic E-state index is 12.2. The summed E-state index contributed by atoms with van der Waals surface area (Å²) in [7, 11) is 1.53. The maximum Gasteiger partial charge on any atom is 0.347 e. The van der Waals surface area contributed by atoms with Crippen LogP contribution in [-0.4, -0.2) is 19.8 Å². The molecule has 3 atom stereocenters. The molecule has 1 aromatic rings. The molecule has 3 aliphatic rings. The molecule has 1 aromatic heterocycles. The Hall–Kier alpha value is -1.23. The van der Waals surface area contributed by atoms with E-state index in [1.165, 1.54) is 11.6 Å². The van der Waals surface area contributed by atoms with Crippen molar-refractivity contribution < 1.29 is 0 Å². The lowest BCUT2D eigenvalue weighted by Gasteiger charge is -2.46. The fourth-order valence-electron chi connectivity index (χ4n) is 3.31. The third-order valence-corrected chi connectivity index (χ3v) is 5.27. The fourth-order valence-corrected chi connectivity index (χ4v) is 3.51. The first-order valence-electron chi connectivity index (χ1n) is 6.53. The highest BCUT2D eigenvalue weighted by Gasteiger charge is 2.45. The Balaban J connectivity index is 2.20. The number of alkyl halides is 1. The first kappa shape index (κ1) is 12.8. The summed E-state index contributed by atoms with van der Waals surface area (Å²) < 4.78 is 4.38. The molecule has 0 saturated heterocycles. The van der Waals surface area contributed by atoms with Crippen molar-refractivity contribution in [1.82, 2.24) is 13.9 Å². The minimum atomic E-state index is -0.237. The minimum Gasteiger partial charge on any atom is -0.246 e. The van der Waals surface area contributed by atoms with E-state index in [-0.39, 0.29) is 34.8 Å². The largest absolute Gasteiger partial charge is 0.347 e. The van der Waals surface area contributed by atoms with Gasteiger partial charge < -0.3 is 0 Å². The second kappa shape index (κ2) is 3.88. The van der Waals surface area contributed by atoms with Gasteiger partial charge in [0.25, 0.3) is 0 Å². The van der Waals surface area contributed by atoms with Crippen LogP contribution in [-0.2, 0) is 7.05 Å². The van der Waals surface area contributed by atoms with Crippen molar-refractivity contribution in [2.45, 2.75) is 32.4 Å². The molecule has 104 valence electrons. The average molecular weight is 284 g/mol. The Morgan fingerprint density at radius 1 is 1.26 bits per heavy atom. The van der Waals surface area contributed by atoms with Gasteiger partial charge in [0.15, 0.2) is 0 Å². The van der Waals surface area contributed by atoms with Gasteiger partial charge in [-0.1, -0.05) is 26.0 Å². The molecule has 0 amide bonds. The molecule has 4 rings (SSSR count). The smallest absolute Gasteiger partial charge is 0.246 e. The zero-order valence-electron chi connectivity index (χ0n) is 11.3. The fraction of sp³-hybridized carbons (Fsp3) is 0.692. The monoisotopic (exact) mass is 283 g/mol. The zero-order valence-corrected chi connectivity index (χ0v) is 12.1. The van der Waals surface area contributed by atoms with Gasteiger partial charge in [0, 0.05) is 12.9 Å². The second-order valence-electron chi connectivity index (χ2n) is 6.22. The normalized spacial score (nSPS) is 28.7. The van der Waals surface area contributed by atoms with E-state index in [0.717, 1.165) is 6.42 Å². The highest BCUT2D eigenvalue weighted by atomic mass is 35.5. The summed E-state index contributed by atoms with van der Waals surface area (Å²) in [5.74, 6) is 0.820. The van der Waals surface area contributed by atoms with Crippen LogP contribution in [0.4, 0.5) is 0 Å². The van der Waals surface area contributed by atoms with Crippen molar-refractivity contribution in [2.75, 3.05) is 5.88 Å². The first-order chi connectivity index (χ1) is 8.88. The third-order valence-electron chi connectivity index (χ3n) is 4.58. The number of allylic oxidation sites excluding steroid dienone is 2. The Bertz CT molecular complexity index is 664. The summed E-state index contributed by atoms with van der Waals surface area (Å²) in [6.45, 7) is 4.24. The van der Waals surface area contributed by atoms with Gasteiger partial charge in [-0.15, -0.1) is 11.6 Å². The van der Waals surface area contributed by atoms with E-state index in [2.05, 4.69) is 13.8 Å². The summed E-state index contributed by atoms with van der Waals surface area (Å²) in [5, 5.41) is 0. The van der Waals surface area contributed by atoms with E-state index in [0.29, 0.717) is 5.88 Å². The third kappa shape index (κ3) is 1.54. The van der Waals surface area contributed by atoms with Crippen LogP contribution in [0.5, 0.6) is 0 Å². The van der Waals surface area contributed by atoms with E-state index >= 15 is 0 Å². The number of nitrogens with zero attached hydrogens (tertiary/aromatic N) is 3. The van der Waals surface area contributed by atoms with E-state index in [9.17, 15) is 9.59 Å². The molecular formula is C13H18ClN3O2. The molecule has 3 heterocycles. The van der Waals surface area contributed by atoms with Crippen LogP contribution in [0, 0.1) is 11.3 Å². The molecule has 19 heavy (non-hydrogen) atoms. The zero-order chi connectivity index (χ0) is 13.9. The first-order valence-corrected chi connectivity index (χ1v) is 7.06. The highest BCUT2D eigenvalue weighted by molar-refractivity contribution is 6.18. The number of rotatable bonds is 2. The van der Waals surface area contributed by atoms with E-state index in [4.69, 9.17) is 11.6 Å². The quantitative estimate of drug-likeness (QED) is 0.606. The van der Waals surface area contributed by atoms with Gasteiger partial charge in [-0.25, -0.2) is 23.5 Å². The molecule has 1 aliphatic carbocycles. The van der Waals surface area contributed by atoms with E-state index in [1.807, 2.05) is 12.2 Å². The van der Waals surface area contributed by atoms with Crippen LogP contribution in [0.1, 0.15) is 32.4 Å². The van der Waals surface area contributed by atoms with Crippen molar-refractivity contribution in [1.29, 1.82) is 0 Å². The predicted octanol–water partition coefficient (Wildman–Crippen LogP) is 1.29. The molecule has 6 heteroatoms. The summed E-state index contributed by atoms with van der Waals surface area (Å²) in [6, 6.07) is -0.0981. The van der Waals surface area contributed by atoms with Crippen LogP contribution >= 0.6 is 11.6 Å². The summed E-state index contributed by atoms with van der Waals surface area (Å²) >= 11 is 6.08. The maximum atomic E-state index is 12.2. The molecule has 0 radical (unpaired) electrons. The van der Waals surface area contributed by atoms with Gasteiger partial charge >= 0.3 is 11.4 Å². The topological polar surface area (TPSA) is 48.9 Å². The lowest BCUT2D eigenvalue weighted by Crippen LogP contribution is -2.48. The van der Waals surface area contributed by atoms with Gasteiger partial charge in [-0.05, 0) is 17.8 Å². The minimum absolute atomic E-state index is 0.0288. The number of fused-ring (bicyclic) bond motifs is 1. The average Bonchev–Trinajstić information content (AvgIpc) is 2.66. The molecule has 0 saturated carbocycles. The van der Waals surface area contributed by atoms with Crippen LogP contribution in [0.25, 0.3) is 0 Å². The van der Waals surface area contributed by atoms with Gasteiger partial charge in [0.1, 0.15) is 0 Å². The van der Waals surface area contributed by atoms with E-state index in [1.54, 1.807) is 9.36 Å². The molecule has 2 bridgehead atoms. The Kier molecular flexibility index (Phi) is 2.61. The van der Waals surface area contributed by atoms with Crippen molar-refractivity contribution in [2.24, 2.45) is 18.4 Å². The molecule has 0 fully saturated rings. The molecule has 5 nitrogen and oxygen atoms in total. The molecule has 0 spiro atoms. The Morgan fingerprint density at radius 2 is 1.89 bits per heavy atom. The molecule has 0 aromatic carbocycles. The lowest BCUT2D eigenvalue weighted by atomic mass is 9.69. The number of halogens is 1. The van der Waals surface area contributed by atoms with Crippen molar-refractivity contribution in [3.63, 3.8) is 0 Å². The Labute approximate surface area is 116 Å². The standard InChI is InChI=1S/C13H18ClN3O2/c1-13(2,7-14)9-6-8-4-5-10(9)17-12(19)15(3)11(18)16(8)17/h4-5,8-10H,6-7H2,1-3H3.